The molecule has 2 heterocycles. The third-order valence-corrected chi connectivity index (χ3v) is 3.98. The normalized spacial score (nSPS) is 14.2. The molecular weight excluding hydrogens is 272 g/mol. The molecule has 0 saturated heterocycles. The van der Waals surface area contributed by atoms with E-state index in [1.54, 1.807) is 18.4 Å². The first-order valence-corrected chi connectivity index (χ1v) is 7.74. The van der Waals surface area contributed by atoms with Crippen LogP contribution in [0.15, 0.2) is 17.8 Å². The Morgan fingerprint density at radius 2 is 2.30 bits per heavy atom. The van der Waals surface area contributed by atoms with Crippen LogP contribution < -0.4 is 5.32 Å². The monoisotopic (exact) mass is 294 g/mol. The van der Waals surface area contributed by atoms with Crippen molar-refractivity contribution in [3.63, 3.8) is 0 Å². The first kappa shape index (κ1) is 15.0. The number of nitrogens with zero attached hydrogens (tertiary/aromatic N) is 3. The van der Waals surface area contributed by atoms with E-state index in [0.29, 0.717) is 6.61 Å². The molecule has 110 valence electrons. The van der Waals surface area contributed by atoms with Gasteiger partial charge in [0.25, 0.3) is 0 Å². The second-order valence-corrected chi connectivity index (χ2v) is 5.83. The molecule has 0 spiro atoms. The van der Waals surface area contributed by atoms with Crippen LogP contribution in [0.1, 0.15) is 37.0 Å². The van der Waals surface area contributed by atoms with Crippen molar-refractivity contribution in [2.75, 3.05) is 19.0 Å². The number of ether oxygens (including phenoxy) is 1. The molecule has 6 heteroatoms. The molecule has 0 bridgehead atoms. The predicted molar refractivity (Wildman–Crippen MR) is 82.5 cm³/mol. The van der Waals surface area contributed by atoms with Gasteiger partial charge in [-0.05, 0) is 20.3 Å². The number of rotatable bonds is 7. The second-order valence-electron chi connectivity index (χ2n) is 4.91. The van der Waals surface area contributed by atoms with Crippen LogP contribution in [0, 0.1) is 6.92 Å². The Morgan fingerprint density at radius 1 is 1.50 bits per heavy atom. The van der Waals surface area contributed by atoms with Gasteiger partial charge in [0, 0.05) is 30.9 Å². The number of methoxy groups -OCH3 is 1. The number of aryl methyl sites for hydroxylation is 1. The minimum atomic E-state index is 0.217. The zero-order chi connectivity index (χ0) is 14.5. The van der Waals surface area contributed by atoms with Crippen molar-refractivity contribution in [1.29, 1.82) is 0 Å². The molecule has 0 amide bonds. The average Bonchev–Trinajstić information content (AvgIpc) is 3.02. The minimum Gasteiger partial charge on any atom is -0.383 e. The molecule has 2 atom stereocenters. The Morgan fingerprint density at radius 3 is 2.90 bits per heavy atom. The van der Waals surface area contributed by atoms with Crippen molar-refractivity contribution in [2.24, 2.45) is 0 Å². The summed E-state index contributed by atoms with van der Waals surface area (Å²) in [5.74, 6) is 0.883. The van der Waals surface area contributed by atoms with Crippen LogP contribution in [0.4, 0.5) is 5.95 Å². The molecule has 5 nitrogen and oxygen atoms in total. The summed E-state index contributed by atoms with van der Waals surface area (Å²) in [5.41, 5.74) is 1.01. The van der Waals surface area contributed by atoms with Gasteiger partial charge in [-0.25, -0.2) is 9.97 Å². The zero-order valence-electron chi connectivity index (χ0n) is 12.5. The van der Waals surface area contributed by atoms with E-state index in [4.69, 9.17) is 4.74 Å². The van der Waals surface area contributed by atoms with Gasteiger partial charge in [0.05, 0.1) is 18.3 Å². The van der Waals surface area contributed by atoms with E-state index in [2.05, 4.69) is 39.9 Å². The van der Waals surface area contributed by atoms with E-state index in [0.717, 1.165) is 23.1 Å². The lowest BCUT2D eigenvalue weighted by molar-refractivity contribution is 0.190. The largest absolute Gasteiger partial charge is 0.383 e. The molecular formula is C14H22N4OS. The first-order chi connectivity index (χ1) is 9.65. The SMILES string of the molecule is CCC(c1nccs1)n1cc(C)nc1NC(C)COC. The summed E-state index contributed by atoms with van der Waals surface area (Å²) < 4.78 is 7.35. The molecule has 2 aromatic heterocycles. The van der Waals surface area contributed by atoms with Crippen LogP contribution >= 0.6 is 11.3 Å². The van der Waals surface area contributed by atoms with Crippen LogP contribution in [0.2, 0.25) is 0 Å². The summed E-state index contributed by atoms with van der Waals surface area (Å²) in [6.45, 7) is 6.92. The van der Waals surface area contributed by atoms with Crippen molar-refractivity contribution in [1.82, 2.24) is 14.5 Å². The third-order valence-electron chi connectivity index (χ3n) is 3.10. The van der Waals surface area contributed by atoms with Crippen LogP contribution in [0.25, 0.3) is 0 Å². The van der Waals surface area contributed by atoms with Gasteiger partial charge in [-0.2, -0.15) is 0 Å². The van der Waals surface area contributed by atoms with Gasteiger partial charge >= 0.3 is 0 Å². The summed E-state index contributed by atoms with van der Waals surface area (Å²) >= 11 is 1.69. The molecule has 0 aromatic carbocycles. The Kier molecular flexibility index (Phi) is 5.14. The third kappa shape index (κ3) is 3.37. The van der Waals surface area contributed by atoms with Crippen molar-refractivity contribution in [2.45, 2.75) is 39.3 Å². The minimum absolute atomic E-state index is 0.217. The van der Waals surface area contributed by atoms with E-state index >= 15 is 0 Å². The molecule has 1 N–H and O–H groups in total. The van der Waals surface area contributed by atoms with Crippen molar-refractivity contribution in [3.05, 3.63) is 28.5 Å². The van der Waals surface area contributed by atoms with Gasteiger partial charge in [-0.15, -0.1) is 11.3 Å². The number of nitrogens with one attached hydrogen (secondary N) is 1. The van der Waals surface area contributed by atoms with Crippen molar-refractivity contribution >= 4 is 17.3 Å². The van der Waals surface area contributed by atoms with Gasteiger partial charge in [-0.1, -0.05) is 6.92 Å². The Balaban J connectivity index is 2.26. The second kappa shape index (κ2) is 6.85. The molecule has 20 heavy (non-hydrogen) atoms. The number of hydrogen-bond donors (Lipinski definition) is 1. The quantitative estimate of drug-likeness (QED) is 0.852. The summed E-state index contributed by atoms with van der Waals surface area (Å²) in [5, 5.41) is 6.55. The number of anilines is 1. The number of aromatic nitrogens is 3. The molecule has 0 aliphatic carbocycles. The Bertz CT molecular complexity index is 523. The van der Waals surface area contributed by atoms with E-state index < -0.39 is 0 Å². The Hall–Kier alpha value is -1.40. The van der Waals surface area contributed by atoms with E-state index in [-0.39, 0.29) is 12.1 Å². The zero-order valence-corrected chi connectivity index (χ0v) is 13.3. The maximum Gasteiger partial charge on any atom is 0.203 e. The fourth-order valence-electron chi connectivity index (χ4n) is 2.26. The van der Waals surface area contributed by atoms with Crippen LogP contribution in [0.3, 0.4) is 0 Å². The maximum absolute atomic E-state index is 5.17. The van der Waals surface area contributed by atoms with Gasteiger partial charge < -0.3 is 14.6 Å². The molecule has 2 unspecified atom stereocenters. The molecule has 0 aliphatic heterocycles. The highest BCUT2D eigenvalue weighted by molar-refractivity contribution is 7.09. The van der Waals surface area contributed by atoms with E-state index in [1.165, 1.54) is 0 Å². The molecule has 2 rings (SSSR count). The standard InChI is InChI=1S/C14H22N4OS/c1-5-12(13-15-6-7-20-13)18-8-10(2)16-14(18)17-11(3)9-19-4/h6-8,11-12H,5,9H2,1-4H3,(H,16,17). The van der Waals surface area contributed by atoms with Gasteiger partial charge in [0.1, 0.15) is 5.01 Å². The van der Waals surface area contributed by atoms with Crippen LogP contribution in [0.5, 0.6) is 0 Å². The highest BCUT2D eigenvalue weighted by atomic mass is 32.1. The topological polar surface area (TPSA) is 52.0 Å². The fourth-order valence-corrected chi connectivity index (χ4v) is 3.08. The highest BCUT2D eigenvalue weighted by Crippen LogP contribution is 2.27. The van der Waals surface area contributed by atoms with Crippen molar-refractivity contribution < 1.29 is 4.74 Å². The summed E-state index contributed by atoms with van der Waals surface area (Å²) in [6.07, 6.45) is 4.92. The maximum atomic E-state index is 5.17. The number of imidazole rings is 1. The Labute approximate surface area is 124 Å². The number of hydrogen-bond acceptors (Lipinski definition) is 5. The van der Waals surface area contributed by atoms with Crippen molar-refractivity contribution in [3.8, 4) is 0 Å². The highest BCUT2D eigenvalue weighted by Gasteiger charge is 2.19. The molecule has 0 fully saturated rings. The lowest BCUT2D eigenvalue weighted by Crippen LogP contribution is -2.24. The molecule has 0 radical (unpaired) electrons. The molecule has 2 aromatic rings. The van der Waals surface area contributed by atoms with Gasteiger partial charge in [0.2, 0.25) is 5.95 Å². The van der Waals surface area contributed by atoms with Gasteiger partial charge in [0.15, 0.2) is 0 Å². The molecule has 0 aliphatic rings. The average molecular weight is 294 g/mol. The lowest BCUT2D eigenvalue weighted by Gasteiger charge is -2.20. The summed E-state index contributed by atoms with van der Waals surface area (Å²) in [7, 11) is 1.71. The van der Waals surface area contributed by atoms with E-state index in [9.17, 15) is 0 Å². The van der Waals surface area contributed by atoms with Crippen LogP contribution in [-0.2, 0) is 4.74 Å². The number of thiazole rings is 1. The van der Waals surface area contributed by atoms with Crippen LogP contribution in [-0.4, -0.2) is 34.3 Å². The van der Waals surface area contributed by atoms with Gasteiger partial charge in [-0.3, -0.25) is 0 Å². The van der Waals surface area contributed by atoms with E-state index in [1.807, 2.05) is 18.5 Å². The first-order valence-electron chi connectivity index (χ1n) is 6.86. The summed E-state index contributed by atoms with van der Waals surface area (Å²) in [4.78, 5) is 9.03. The predicted octanol–water partition coefficient (Wildman–Crippen LogP) is 3.09. The lowest BCUT2D eigenvalue weighted by atomic mass is 10.2. The smallest absolute Gasteiger partial charge is 0.203 e. The molecule has 0 saturated carbocycles. The summed E-state index contributed by atoms with van der Waals surface area (Å²) in [6, 6.07) is 0.447. The fraction of sp³-hybridized carbons (Fsp3) is 0.571.